The molecule has 1 saturated heterocycles. The van der Waals surface area contributed by atoms with Crippen molar-refractivity contribution in [3.63, 3.8) is 0 Å². The number of carbonyl (C=O) groups is 2. The summed E-state index contributed by atoms with van der Waals surface area (Å²) >= 11 is 0. The number of ether oxygens (including phenoxy) is 2. The van der Waals surface area contributed by atoms with Crippen molar-refractivity contribution >= 4 is 11.9 Å². The van der Waals surface area contributed by atoms with E-state index in [0.717, 1.165) is 17.7 Å². The fourth-order valence-corrected chi connectivity index (χ4v) is 2.72. The van der Waals surface area contributed by atoms with Gasteiger partial charge in [-0.2, -0.15) is 0 Å². The highest BCUT2D eigenvalue weighted by Crippen LogP contribution is 2.17. The summed E-state index contributed by atoms with van der Waals surface area (Å²) in [6.45, 7) is 2.12. The largest absolute Gasteiger partial charge is 0.491 e. The lowest BCUT2D eigenvalue weighted by molar-refractivity contribution is -0.142. The Morgan fingerprint density at radius 3 is 2.96 bits per heavy atom. The van der Waals surface area contributed by atoms with E-state index in [0.29, 0.717) is 32.7 Å². The van der Waals surface area contributed by atoms with Gasteiger partial charge in [-0.05, 0) is 37.1 Å². The third kappa shape index (κ3) is 5.50. The first-order chi connectivity index (χ1) is 11.6. The van der Waals surface area contributed by atoms with Crippen LogP contribution in [0.2, 0.25) is 0 Å². The molecule has 7 nitrogen and oxygen atoms in total. The van der Waals surface area contributed by atoms with Gasteiger partial charge in [0.05, 0.1) is 13.2 Å². The number of rotatable bonds is 9. The van der Waals surface area contributed by atoms with Gasteiger partial charge < -0.3 is 19.9 Å². The Labute approximate surface area is 141 Å². The minimum atomic E-state index is -0.860. The molecule has 0 aliphatic carbocycles. The second-order valence-corrected chi connectivity index (χ2v) is 5.73. The Balaban J connectivity index is 1.79. The maximum atomic E-state index is 12.0. The molecule has 0 aromatic heterocycles. The number of methoxy groups -OCH3 is 1. The van der Waals surface area contributed by atoms with Crippen molar-refractivity contribution in [2.75, 3.05) is 33.4 Å². The summed E-state index contributed by atoms with van der Waals surface area (Å²) < 4.78 is 10.5. The predicted molar refractivity (Wildman–Crippen MR) is 87.9 cm³/mol. The normalized spacial score (nSPS) is 17.6. The number of hydrogen-bond acceptors (Lipinski definition) is 5. The number of likely N-dealkylation sites (tertiary alicyclic amines) is 1. The minimum Gasteiger partial charge on any atom is -0.491 e. The van der Waals surface area contributed by atoms with Crippen LogP contribution in [0.15, 0.2) is 24.3 Å². The van der Waals surface area contributed by atoms with Crippen LogP contribution in [-0.2, 0) is 20.9 Å². The molecule has 1 atom stereocenters. The number of nitrogens with zero attached hydrogens (tertiary/aromatic N) is 1. The fraction of sp³-hybridized carbons (Fsp3) is 0.529. The number of benzene rings is 1. The summed E-state index contributed by atoms with van der Waals surface area (Å²) in [6, 6.07) is 6.94. The molecule has 1 aliphatic heterocycles. The van der Waals surface area contributed by atoms with Crippen molar-refractivity contribution in [1.29, 1.82) is 0 Å². The molecule has 1 aromatic carbocycles. The number of amides is 1. The molecule has 1 fully saturated rings. The van der Waals surface area contributed by atoms with Gasteiger partial charge in [0, 0.05) is 13.7 Å². The molecule has 2 rings (SSSR count). The molecular formula is C17H24N2O5. The molecule has 2 N–H and O–H groups in total. The molecule has 1 amide bonds. The Morgan fingerprint density at radius 2 is 2.21 bits per heavy atom. The molecule has 1 heterocycles. The van der Waals surface area contributed by atoms with Gasteiger partial charge in [0.25, 0.3) is 0 Å². The molecule has 0 spiro atoms. The van der Waals surface area contributed by atoms with Crippen LogP contribution in [0.4, 0.5) is 0 Å². The van der Waals surface area contributed by atoms with Gasteiger partial charge in [0.15, 0.2) is 0 Å². The van der Waals surface area contributed by atoms with Gasteiger partial charge in [-0.15, -0.1) is 0 Å². The van der Waals surface area contributed by atoms with Gasteiger partial charge in [0.2, 0.25) is 5.91 Å². The van der Waals surface area contributed by atoms with E-state index in [9.17, 15) is 9.59 Å². The van der Waals surface area contributed by atoms with Crippen LogP contribution in [0.25, 0.3) is 0 Å². The van der Waals surface area contributed by atoms with Crippen molar-refractivity contribution in [2.24, 2.45) is 0 Å². The van der Waals surface area contributed by atoms with Crippen molar-refractivity contribution in [2.45, 2.75) is 25.4 Å². The molecule has 1 aliphatic rings. The SMILES string of the molecule is COCCOc1cccc(CNC(=O)CN2CCCC2C(=O)O)c1. The van der Waals surface area contributed by atoms with Gasteiger partial charge in [0.1, 0.15) is 18.4 Å². The zero-order valence-electron chi connectivity index (χ0n) is 13.9. The van der Waals surface area contributed by atoms with Crippen LogP contribution < -0.4 is 10.1 Å². The number of carboxylic acid groups (broad SMARTS) is 1. The van der Waals surface area contributed by atoms with Crippen LogP contribution in [0.5, 0.6) is 5.75 Å². The van der Waals surface area contributed by atoms with Crippen LogP contribution in [0.3, 0.4) is 0 Å². The summed E-state index contributed by atoms with van der Waals surface area (Å²) in [5, 5.41) is 12.0. The zero-order valence-corrected chi connectivity index (χ0v) is 13.9. The van der Waals surface area contributed by atoms with Gasteiger partial charge in [-0.3, -0.25) is 14.5 Å². The quantitative estimate of drug-likeness (QED) is 0.651. The van der Waals surface area contributed by atoms with Crippen LogP contribution >= 0.6 is 0 Å². The van der Waals surface area contributed by atoms with Crippen LogP contribution in [0, 0.1) is 0 Å². The lowest BCUT2D eigenvalue weighted by Crippen LogP contribution is -2.42. The van der Waals surface area contributed by atoms with Gasteiger partial charge in [-0.25, -0.2) is 0 Å². The summed E-state index contributed by atoms with van der Waals surface area (Å²) in [5.74, 6) is -0.306. The third-order valence-corrected chi connectivity index (χ3v) is 3.94. The average Bonchev–Trinajstić information content (AvgIpc) is 3.02. The Morgan fingerprint density at radius 1 is 1.38 bits per heavy atom. The minimum absolute atomic E-state index is 0.112. The van der Waals surface area contributed by atoms with E-state index >= 15 is 0 Å². The number of aliphatic carboxylic acids is 1. The summed E-state index contributed by atoms with van der Waals surface area (Å²) in [4.78, 5) is 24.9. The van der Waals surface area contributed by atoms with E-state index in [1.54, 1.807) is 12.0 Å². The maximum Gasteiger partial charge on any atom is 0.320 e. The lowest BCUT2D eigenvalue weighted by Gasteiger charge is -2.20. The second kappa shape index (κ2) is 9.24. The van der Waals surface area contributed by atoms with E-state index in [2.05, 4.69) is 5.32 Å². The standard InChI is InChI=1S/C17H24N2O5/c1-23-8-9-24-14-5-2-4-13(10-14)11-18-16(20)12-19-7-3-6-15(19)17(21)22/h2,4-5,10,15H,3,6-9,11-12H2,1H3,(H,18,20)(H,21,22). The monoisotopic (exact) mass is 336 g/mol. The van der Waals surface area contributed by atoms with Crippen molar-refractivity contribution in [3.05, 3.63) is 29.8 Å². The Bertz CT molecular complexity index is 564. The number of nitrogens with one attached hydrogen (secondary N) is 1. The van der Waals surface area contributed by atoms with E-state index in [4.69, 9.17) is 14.6 Å². The van der Waals surface area contributed by atoms with Crippen LogP contribution in [-0.4, -0.2) is 61.3 Å². The molecule has 0 saturated carbocycles. The van der Waals surface area contributed by atoms with Gasteiger partial charge in [-0.1, -0.05) is 12.1 Å². The van der Waals surface area contributed by atoms with Crippen LogP contribution in [0.1, 0.15) is 18.4 Å². The molecular weight excluding hydrogens is 312 g/mol. The molecule has 132 valence electrons. The highest BCUT2D eigenvalue weighted by molar-refractivity contribution is 5.80. The first-order valence-electron chi connectivity index (χ1n) is 8.04. The number of carboxylic acids is 1. The summed E-state index contributed by atoms with van der Waals surface area (Å²) in [6.07, 6.45) is 1.41. The fourth-order valence-electron chi connectivity index (χ4n) is 2.72. The van der Waals surface area contributed by atoms with Gasteiger partial charge >= 0.3 is 5.97 Å². The molecule has 1 aromatic rings. The lowest BCUT2D eigenvalue weighted by atomic mass is 10.2. The van der Waals surface area contributed by atoms with E-state index < -0.39 is 12.0 Å². The van der Waals surface area contributed by atoms with Crippen molar-refractivity contribution in [1.82, 2.24) is 10.2 Å². The smallest absolute Gasteiger partial charge is 0.320 e. The molecule has 0 bridgehead atoms. The van der Waals surface area contributed by atoms with E-state index in [-0.39, 0.29) is 12.5 Å². The van der Waals surface area contributed by atoms with Crippen molar-refractivity contribution in [3.8, 4) is 5.75 Å². The second-order valence-electron chi connectivity index (χ2n) is 5.73. The Hall–Kier alpha value is -2.12. The summed E-state index contributed by atoms with van der Waals surface area (Å²) in [5.41, 5.74) is 0.925. The molecule has 24 heavy (non-hydrogen) atoms. The van der Waals surface area contributed by atoms with E-state index in [1.165, 1.54) is 0 Å². The first-order valence-corrected chi connectivity index (χ1v) is 8.04. The number of hydrogen-bond donors (Lipinski definition) is 2. The predicted octanol–water partition coefficient (Wildman–Crippen LogP) is 0.877. The Kier molecular flexibility index (Phi) is 7.02. The highest BCUT2D eigenvalue weighted by Gasteiger charge is 2.31. The molecule has 1 unspecified atom stereocenters. The molecule has 7 heteroatoms. The summed E-state index contributed by atoms with van der Waals surface area (Å²) in [7, 11) is 1.62. The third-order valence-electron chi connectivity index (χ3n) is 3.94. The highest BCUT2D eigenvalue weighted by atomic mass is 16.5. The first kappa shape index (κ1) is 18.2. The average molecular weight is 336 g/mol. The molecule has 0 radical (unpaired) electrons. The van der Waals surface area contributed by atoms with E-state index in [1.807, 2.05) is 24.3 Å². The maximum absolute atomic E-state index is 12.0. The number of carbonyl (C=O) groups excluding carboxylic acids is 1. The van der Waals surface area contributed by atoms with Crippen molar-refractivity contribution < 1.29 is 24.2 Å². The zero-order chi connectivity index (χ0) is 17.4. The topological polar surface area (TPSA) is 88.1 Å².